The molecule has 1 aliphatic heterocycles. The molecule has 1 aromatic carbocycles. The van der Waals surface area contributed by atoms with Gasteiger partial charge >= 0.3 is 0 Å². The van der Waals surface area contributed by atoms with Crippen molar-refractivity contribution in [3.63, 3.8) is 0 Å². The molecule has 0 bridgehead atoms. The summed E-state index contributed by atoms with van der Waals surface area (Å²) in [5.74, 6) is 2.03. The second-order valence-corrected chi connectivity index (χ2v) is 7.07. The lowest BCUT2D eigenvalue weighted by atomic mass is 9.80. The summed E-state index contributed by atoms with van der Waals surface area (Å²) in [6, 6.07) is 5.88. The van der Waals surface area contributed by atoms with Crippen molar-refractivity contribution in [3.8, 4) is 11.5 Å². The maximum atomic E-state index is 8.78. The molecule has 2 aromatic rings. The zero-order valence-electron chi connectivity index (χ0n) is 15.5. The van der Waals surface area contributed by atoms with E-state index in [1.54, 1.807) is 14.2 Å². The van der Waals surface area contributed by atoms with Crippen molar-refractivity contribution in [1.82, 2.24) is 10.2 Å². The fourth-order valence-corrected chi connectivity index (χ4v) is 4.17. The van der Waals surface area contributed by atoms with Crippen LogP contribution in [-0.2, 0) is 17.6 Å². The van der Waals surface area contributed by atoms with Gasteiger partial charge in [0.05, 0.1) is 39.2 Å². The van der Waals surface area contributed by atoms with E-state index in [4.69, 9.17) is 19.7 Å². The molecule has 2 aliphatic rings. The Balaban J connectivity index is 1.59. The van der Waals surface area contributed by atoms with Crippen LogP contribution in [0.25, 0.3) is 10.4 Å². The van der Waals surface area contributed by atoms with E-state index in [2.05, 4.69) is 32.4 Å². The molecule has 27 heavy (non-hydrogen) atoms. The maximum absolute atomic E-state index is 8.78. The molecule has 1 saturated heterocycles. The van der Waals surface area contributed by atoms with Crippen molar-refractivity contribution in [1.29, 1.82) is 0 Å². The van der Waals surface area contributed by atoms with Gasteiger partial charge in [0.1, 0.15) is 11.5 Å². The van der Waals surface area contributed by atoms with Gasteiger partial charge in [-0.1, -0.05) is 5.11 Å². The van der Waals surface area contributed by atoms with Gasteiger partial charge in [-0.05, 0) is 54.0 Å². The number of azide groups is 1. The lowest BCUT2D eigenvalue weighted by Crippen LogP contribution is -2.18. The molecule has 0 amide bonds. The number of nitrogens with one attached hydrogen (secondary N) is 1. The Kier molecular flexibility index (Phi) is 4.92. The van der Waals surface area contributed by atoms with Gasteiger partial charge in [0.15, 0.2) is 0 Å². The summed E-state index contributed by atoms with van der Waals surface area (Å²) < 4.78 is 16.4. The highest BCUT2D eigenvalue weighted by Gasteiger charge is 2.35. The minimum absolute atomic E-state index is 0.0364. The number of methoxy groups -OCH3 is 2. The highest BCUT2D eigenvalue weighted by Crippen LogP contribution is 2.39. The normalized spacial score (nSPS) is 24.1. The molecule has 8 heteroatoms. The predicted molar refractivity (Wildman–Crippen MR) is 99.4 cm³/mol. The summed E-state index contributed by atoms with van der Waals surface area (Å²) in [6.45, 7) is 1.01. The Hall–Kier alpha value is -2.70. The quantitative estimate of drug-likeness (QED) is 0.495. The number of nitrogens with zero attached hydrogens (tertiary/aromatic N) is 4. The molecular weight excluding hydrogens is 346 g/mol. The number of aromatic nitrogens is 2. The number of H-pyrrole nitrogens is 1. The minimum Gasteiger partial charge on any atom is -0.497 e. The fourth-order valence-electron chi connectivity index (χ4n) is 4.17. The minimum atomic E-state index is -0.178. The summed E-state index contributed by atoms with van der Waals surface area (Å²) in [4.78, 5) is 2.96. The fraction of sp³-hybridized carbons (Fsp3) is 0.526. The third-order valence-corrected chi connectivity index (χ3v) is 5.62. The Morgan fingerprint density at radius 1 is 1.22 bits per heavy atom. The molecule has 0 saturated carbocycles. The number of aromatic amines is 1. The van der Waals surface area contributed by atoms with Gasteiger partial charge in [-0.3, -0.25) is 5.10 Å². The van der Waals surface area contributed by atoms with E-state index in [1.165, 1.54) is 11.1 Å². The van der Waals surface area contributed by atoms with E-state index in [1.807, 2.05) is 6.07 Å². The Labute approximate surface area is 157 Å². The molecule has 1 fully saturated rings. The van der Waals surface area contributed by atoms with Crippen LogP contribution in [0.5, 0.6) is 11.5 Å². The summed E-state index contributed by atoms with van der Waals surface area (Å²) in [5, 5.41) is 11.7. The molecular formula is C19H23N5O3. The molecule has 0 radical (unpaired) electrons. The number of rotatable bonds is 5. The van der Waals surface area contributed by atoms with Crippen molar-refractivity contribution < 1.29 is 14.2 Å². The topological polar surface area (TPSA) is 105 Å². The van der Waals surface area contributed by atoms with Crippen LogP contribution >= 0.6 is 0 Å². The molecule has 0 spiro atoms. The number of fused-ring (bicyclic) bond motifs is 1. The Morgan fingerprint density at radius 2 is 2.00 bits per heavy atom. The molecule has 2 heterocycles. The molecule has 3 atom stereocenters. The van der Waals surface area contributed by atoms with E-state index >= 15 is 0 Å². The first-order valence-electron chi connectivity index (χ1n) is 9.14. The van der Waals surface area contributed by atoms with Crippen molar-refractivity contribution in [2.45, 2.75) is 37.1 Å². The lowest BCUT2D eigenvalue weighted by molar-refractivity contribution is 0.190. The van der Waals surface area contributed by atoms with Gasteiger partial charge < -0.3 is 14.2 Å². The summed E-state index contributed by atoms with van der Waals surface area (Å²) in [7, 11) is 3.34. The summed E-state index contributed by atoms with van der Waals surface area (Å²) in [5.41, 5.74) is 13.4. The van der Waals surface area contributed by atoms with E-state index in [-0.39, 0.29) is 12.0 Å². The van der Waals surface area contributed by atoms with Crippen molar-refractivity contribution in [3.05, 3.63) is 51.2 Å². The highest BCUT2D eigenvalue weighted by atomic mass is 16.5. The second kappa shape index (κ2) is 7.50. The molecule has 1 N–H and O–H groups in total. The zero-order valence-corrected chi connectivity index (χ0v) is 15.5. The van der Waals surface area contributed by atoms with Crippen molar-refractivity contribution in [2.75, 3.05) is 27.4 Å². The number of hydrogen-bond donors (Lipinski definition) is 1. The van der Waals surface area contributed by atoms with Crippen LogP contribution in [0.4, 0.5) is 0 Å². The first-order chi connectivity index (χ1) is 13.2. The van der Waals surface area contributed by atoms with E-state index in [0.29, 0.717) is 19.1 Å². The number of hydrogen-bond acceptors (Lipinski definition) is 5. The van der Waals surface area contributed by atoms with Crippen LogP contribution in [0.15, 0.2) is 23.3 Å². The van der Waals surface area contributed by atoms with Crippen LogP contribution in [0, 0.1) is 0 Å². The van der Waals surface area contributed by atoms with Crippen LogP contribution < -0.4 is 9.47 Å². The highest BCUT2D eigenvalue weighted by molar-refractivity contribution is 5.42. The second-order valence-electron chi connectivity index (χ2n) is 7.07. The first-order valence-corrected chi connectivity index (χ1v) is 9.14. The van der Waals surface area contributed by atoms with Gasteiger partial charge in [0, 0.05) is 22.6 Å². The standard InChI is InChI=1S/C19H23N5O3/c1-25-13-5-12(6-14(8-13)26-2)11-3-4-15-17(7-11)21-23-19(15)16-9-27-10-18(16)22-24-20/h5-6,8,11,16,18H,3-4,7,9-10H2,1-2H3,(H,21,23). The molecule has 142 valence electrons. The summed E-state index contributed by atoms with van der Waals surface area (Å²) >= 11 is 0. The van der Waals surface area contributed by atoms with Gasteiger partial charge in [-0.15, -0.1) is 0 Å². The lowest BCUT2D eigenvalue weighted by Gasteiger charge is -2.24. The average Bonchev–Trinajstić information content (AvgIpc) is 3.33. The van der Waals surface area contributed by atoms with Crippen LogP contribution in [0.3, 0.4) is 0 Å². The third kappa shape index (κ3) is 3.34. The first kappa shape index (κ1) is 17.7. The van der Waals surface area contributed by atoms with Gasteiger partial charge in [0.2, 0.25) is 0 Å². The Morgan fingerprint density at radius 3 is 2.70 bits per heavy atom. The number of benzene rings is 1. The predicted octanol–water partition coefficient (Wildman–Crippen LogP) is 3.49. The van der Waals surface area contributed by atoms with Gasteiger partial charge in [-0.2, -0.15) is 5.10 Å². The largest absolute Gasteiger partial charge is 0.497 e. The van der Waals surface area contributed by atoms with E-state index in [9.17, 15) is 0 Å². The van der Waals surface area contributed by atoms with E-state index < -0.39 is 0 Å². The van der Waals surface area contributed by atoms with E-state index in [0.717, 1.165) is 42.1 Å². The Bertz CT molecular complexity index is 852. The van der Waals surface area contributed by atoms with Crippen molar-refractivity contribution >= 4 is 0 Å². The SMILES string of the molecule is COc1cc(OC)cc(C2CCc3c(C4COCC4N=[N+]=[N-])n[nH]c3C2)c1. The summed E-state index contributed by atoms with van der Waals surface area (Å²) in [6.07, 6.45) is 2.85. The van der Waals surface area contributed by atoms with Crippen LogP contribution in [-0.4, -0.2) is 43.7 Å². The van der Waals surface area contributed by atoms with Crippen molar-refractivity contribution in [2.24, 2.45) is 5.11 Å². The molecule has 3 unspecified atom stereocenters. The maximum Gasteiger partial charge on any atom is 0.122 e. The van der Waals surface area contributed by atoms with Crippen LogP contribution in [0.1, 0.15) is 40.8 Å². The smallest absolute Gasteiger partial charge is 0.122 e. The zero-order chi connectivity index (χ0) is 18.8. The monoisotopic (exact) mass is 369 g/mol. The molecule has 1 aromatic heterocycles. The third-order valence-electron chi connectivity index (χ3n) is 5.62. The van der Waals surface area contributed by atoms with Gasteiger partial charge in [-0.25, -0.2) is 0 Å². The molecule has 8 nitrogen and oxygen atoms in total. The molecule has 1 aliphatic carbocycles. The van der Waals surface area contributed by atoms with Gasteiger partial charge in [0.25, 0.3) is 0 Å². The average molecular weight is 369 g/mol. The van der Waals surface area contributed by atoms with Crippen LogP contribution in [0.2, 0.25) is 0 Å². The number of ether oxygens (including phenoxy) is 3. The molecule has 4 rings (SSSR count).